The lowest BCUT2D eigenvalue weighted by Crippen LogP contribution is -2.39. The number of carbonyl (C=O) groups is 1. The van der Waals surface area contributed by atoms with Gasteiger partial charge in [-0.05, 0) is 24.6 Å². The first-order valence-corrected chi connectivity index (χ1v) is 8.95. The van der Waals surface area contributed by atoms with Gasteiger partial charge in [-0.1, -0.05) is 38.1 Å². The highest BCUT2D eigenvalue weighted by Crippen LogP contribution is 2.16. The third-order valence-corrected chi connectivity index (χ3v) is 4.21. The Morgan fingerprint density at radius 3 is 2.77 bits per heavy atom. The molecular formula is C20H29N3O3. The van der Waals surface area contributed by atoms with Crippen molar-refractivity contribution in [3.63, 3.8) is 0 Å². The standard InChI is InChI=1S/C20H29N3O3/c1-14(2)13-26-17-9-18(22-11-17)20(24)23-10-15-5-7-16(8-6-15)19(25-4)12-21-3/h5-8,12,14,17-18,22H,3,9-11,13H2,1-2,4H3,(H,23,24)/b19-12-/t17-,18+/m1/s1. The van der Waals surface area contributed by atoms with Crippen molar-refractivity contribution in [2.75, 3.05) is 20.3 Å². The fraction of sp³-hybridized carbons (Fsp3) is 0.500. The Bertz CT molecular complexity index is 626. The van der Waals surface area contributed by atoms with Gasteiger partial charge in [0.25, 0.3) is 0 Å². The molecule has 0 unspecified atom stereocenters. The number of benzene rings is 1. The fourth-order valence-corrected chi connectivity index (χ4v) is 2.79. The molecular weight excluding hydrogens is 330 g/mol. The lowest BCUT2D eigenvalue weighted by Gasteiger charge is -2.13. The number of rotatable bonds is 9. The molecule has 0 aliphatic carbocycles. The average molecular weight is 359 g/mol. The highest BCUT2D eigenvalue weighted by atomic mass is 16.5. The molecule has 2 rings (SSSR count). The first kappa shape index (κ1) is 20.1. The van der Waals surface area contributed by atoms with E-state index >= 15 is 0 Å². The van der Waals surface area contributed by atoms with Gasteiger partial charge in [-0.2, -0.15) is 0 Å². The maximum atomic E-state index is 12.3. The molecule has 2 N–H and O–H groups in total. The lowest BCUT2D eigenvalue weighted by molar-refractivity contribution is -0.123. The Hall–Kier alpha value is -2.18. The maximum Gasteiger partial charge on any atom is 0.237 e. The first-order chi connectivity index (χ1) is 12.5. The van der Waals surface area contributed by atoms with Gasteiger partial charge in [-0.15, -0.1) is 0 Å². The van der Waals surface area contributed by atoms with Crippen LogP contribution >= 0.6 is 0 Å². The number of ether oxygens (including phenoxy) is 2. The van der Waals surface area contributed by atoms with Crippen molar-refractivity contribution in [3.05, 3.63) is 41.6 Å². The minimum atomic E-state index is -0.187. The van der Waals surface area contributed by atoms with E-state index in [2.05, 4.69) is 36.2 Å². The van der Waals surface area contributed by atoms with Gasteiger partial charge in [-0.3, -0.25) is 9.79 Å². The van der Waals surface area contributed by atoms with Gasteiger partial charge < -0.3 is 20.1 Å². The van der Waals surface area contributed by atoms with Crippen LogP contribution in [0.3, 0.4) is 0 Å². The maximum absolute atomic E-state index is 12.3. The van der Waals surface area contributed by atoms with Gasteiger partial charge in [0.2, 0.25) is 5.91 Å². The molecule has 0 spiro atoms. The SMILES string of the molecule is C=N/C=C(\OC)c1ccc(CNC(=O)[C@@H]2C[C@@H](OCC(C)C)CN2)cc1. The van der Waals surface area contributed by atoms with Gasteiger partial charge in [0.05, 0.1) is 25.5 Å². The van der Waals surface area contributed by atoms with Crippen LogP contribution in [0.15, 0.2) is 35.5 Å². The summed E-state index contributed by atoms with van der Waals surface area (Å²) >= 11 is 0. The molecule has 0 bridgehead atoms. The molecule has 1 saturated heterocycles. The number of carbonyl (C=O) groups excluding carboxylic acids is 1. The van der Waals surface area contributed by atoms with Gasteiger partial charge >= 0.3 is 0 Å². The summed E-state index contributed by atoms with van der Waals surface area (Å²) in [6, 6.07) is 7.61. The Morgan fingerprint density at radius 1 is 1.42 bits per heavy atom. The second kappa shape index (κ2) is 10.1. The van der Waals surface area contributed by atoms with Crippen LogP contribution in [0.5, 0.6) is 0 Å². The monoisotopic (exact) mass is 359 g/mol. The average Bonchev–Trinajstić information content (AvgIpc) is 3.12. The van der Waals surface area contributed by atoms with E-state index in [0.29, 0.717) is 24.6 Å². The third-order valence-electron chi connectivity index (χ3n) is 4.21. The first-order valence-electron chi connectivity index (χ1n) is 8.95. The summed E-state index contributed by atoms with van der Waals surface area (Å²) in [5.41, 5.74) is 1.94. The van der Waals surface area contributed by atoms with Gasteiger partial charge in [0.1, 0.15) is 5.76 Å². The predicted molar refractivity (Wildman–Crippen MR) is 104 cm³/mol. The molecule has 1 fully saturated rings. The van der Waals surface area contributed by atoms with E-state index in [4.69, 9.17) is 9.47 Å². The van der Waals surface area contributed by atoms with Crippen LogP contribution in [-0.4, -0.2) is 45.0 Å². The smallest absolute Gasteiger partial charge is 0.237 e. The number of hydrogen-bond donors (Lipinski definition) is 2. The van der Waals surface area contributed by atoms with Crippen LogP contribution in [0.1, 0.15) is 31.4 Å². The molecule has 142 valence electrons. The van der Waals surface area contributed by atoms with E-state index in [1.54, 1.807) is 13.3 Å². The second-order valence-electron chi connectivity index (χ2n) is 6.84. The molecule has 1 aromatic carbocycles. The van der Waals surface area contributed by atoms with E-state index in [1.807, 2.05) is 24.3 Å². The topological polar surface area (TPSA) is 72.0 Å². The van der Waals surface area contributed by atoms with E-state index < -0.39 is 0 Å². The Kier molecular flexibility index (Phi) is 7.81. The minimum absolute atomic E-state index is 0.0121. The summed E-state index contributed by atoms with van der Waals surface area (Å²) < 4.78 is 11.1. The van der Waals surface area contributed by atoms with Gasteiger partial charge in [0.15, 0.2) is 0 Å². The third kappa shape index (κ3) is 5.97. The zero-order valence-electron chi connectivity index (χ0n) is 15.8. The zero-order valence-corrected chi connectivity index (χ0v) is 15.8. The molecule has 0 saturated carbocycles. The number of hydrogen-bond acceptors (Lipinski definition) is 5. The molecule has 0 aromatic heterocycles. The normalized spacial score (nSPS) is 20.2. The highest BCUT2D eigenvalue weighted by Gasteiger charge is 2.29. The van der Waals surface area contributed by atoms with Crippen LogP contribution < -0.4 is 10.6 Å². The van der Waals surface area contributed by atoms with Crippen molar-refractivity contribution in [3.8, 4) is 0 Å². The Morgan fingerprint density at radius 2 is 2.15 bits per heavy atom. The number of aliphatic imine (C=N–C) groups is 1. The molecule has 0 radical (unpaired) electrons. The summed E-state index contributed by atoms with van der Waals surface area (Å²) in [7, 11) is 1.60. The summed E-state index contributed by atoms with van der Waals surface area (Å²) in [4.78, 5) is 16.1. The Labute approximate surface area is 155 Å². The highest BCUT2D eigenvalue weighted by molar-refractivity contribution is 5.82. The molecule has 1 heterocycles. The fourth-order valence-electron chi connectivity index (χ4n) is 2.79. The number of amides is 1. The molecule has 6 nitrogen and oxygen atoms in total. The number of nitrogens with one attached hydrogen (secondary N) is 2. The van der Waals surface area contributed by atoms with Crippen LogP contribution in [0.4, 0.5) is 0 Å². The van der Waals surface area contributed by atoms with Crippen molar-refractivity contribution in [2.45, 2.75) is 39.0 Å². The minimum Gasteiger partial charge on any atom is -0.495 e. The van der Waals surface area contributed by atoms with E-state index in [-0.39, 0.29) is 18.1 Å². The molecule has 1 aliphatic rings. The van der Waals surface area contributed by atoms with Gasteiger partial charge in [-0.25, -0.2) is 0 Å². The quantitative estimate of drug-likeness (QED) is 0.524. The summed E-state index contributed by atoms with van der Waals surface area (Å²) in [5, 5.41) is 6.22. The van der Waals surface area contributed by atoms with Crippen LogP contribution in [-0.2, 0) is 20.8 Å². The van der Waals surface area contributed by atoms with Crippen molar-refractivity contribution >= 4 is 18.4 Å². The van der Waals surface area contributed by atoms with Crippen molar-refractivity contribution in [2.24, 2.45) is 10.9 Å². The van der Waals surface area contributed by atoms with E-state index in [9.17, 15) is 4.79 Å². The summed E-state index contributed by atoms with van der Waals surface area (Å²) in [6.07, 6.45) is 2.40. The predicted octanol–water partition coefficient (Wildman–Crippen LogP) is 2.35. The molecule has 26 heavy (non-hydrogen) atoms. The van der Waals surface area contributed by atoms with Crippen molar-refractivity contribution < 1.29 is 14.3 Å². The molecule has 2 atom stereocenters. The molecule has 1 aromatic rings. The number of methoxy groups -OCH3 is 1. The lowest BCUT2D eigenvalue weighted by atomic mass is 10.1. The van der Waals surface area contributed by atoms with Crippen LogP contribution in [0.25, 0.3) is 5.76 Å². The van der Waals surface area contributed by atoms with E-state index in [1.165, 1.54) is 0 Å². The van der Waals surface area contributed by atoms with E-state index in [0.717, 1.165) is 24.3 Å². The zero-order chi connectivity index (χ0) is 18.9. The molecule has 1 amide bonds. The summed E-state index contributed by atoms with van der Waals surface area (Å²) in [5.74, 6) is 1.16. The summed E-state index contributed by atoms with van der Waals surface area (Å²) in [6.45, 7) is 9.62. The molecule has 1 aliphatic heterocycles. The molecule has 6 heteroatoms. The Balaban J connectivity index is 1.80. The number of nitrogens with zero attached hydrogens (tertiary/aromatic N) is 1. The largest absolute Gasteiger partial charge is 0.495 e. The second-order valence-corrected chi connectivity index (χ2v) is 6.84. The van der Waals surface area contributed by atoms with Crippen LogP contribution in [0.2, 0.25) is 0 Å². The van der Waals surface area contributed by atoms with Crippen LogP contribution in [0, 0.1) is 5.92 Å². The van der Waals surface area contributed by atoms with Crippen molar-refractivity contribution in [1.82, 2.24) is 10.6 Å². The van der Waals surface area contributed by atoms with Crippen molar-refractivity contribution in [1.29, 1.82) is 0 Å². The van der Waals surface area contributed by atoms with Gasteiger partial charge in [0, 0.05) is 25.3 Å².